The van der Waals surface area contributed by atoms with E-state index in [1.165, 1.54) is 24.3 Å². The Labute approximate surface area is 103 Å². The summed E-state index contributed by atoms with van der Waals surface area (Å²) in [6.45, 7) is 0. The van der Waals surface area contributed by atoms with Crippen molar-refractivity contribution in [3.63, 3.8) is 0 Å². The summed E-state index contributed by atoms with van der Waals surface area (Å²) in [4.78, 5) is 10.3. The van der Waals surface area contributed by atoms with Crippen molar-refractivity contribution >= 4 is 16.3 Å². The van der Waals surface area contributed by atoms with E-state index in [1.54, 1.807) is 0 Å². The molecule has 7 heteroatoms. The molecule has 6 nitrogen and oxygen atoms in total. The molecule has 3 N–H and O–H groups in total. The molecule has 94 valence electrons. The highest BCUT2D eigenvalue weighted by Crippen LogP contribution is 2.31. The van der Waals surface area contributed by atoms with E-state index in [-0.39, 0.29) is 27.7 Å². The predicted molar refractivity (Wildman–Crippen MR) is 62.6 cm³/mol. The molecule has 1 heterocycles. The van der Waals surface area contributed by atoms with Gasteiger partial charge in [0.15, 0.2) is 12.0 Å². The number of carbonyl (C=O) groups excluding carboxylic acids is 1. The average Bonchev–Trinajstić information content (AvgIpc) is 2.76. The molecule has 0 saturated heterocycles. The Kier molecular flexibility index (Phi) is 2.93. The summed E-state index contributed by atoms with van der Waals surface area (Å²) in [5.74, 6) is 0.0730. The Morgan fingerprint density at radius 3 is 2.44 bits per heavy atom. The van der Waals surface area contributed by atoms with E-state index < -0.39 is 10.0 Å². The molecule has 0 aliphatic heterocycles. The van der Waals surface area contributed by atoms with Crippen LogP contribution in [0.15, 0.2) is 39.6 Å². The molecule has 0 saturated carbocycles. The SMILES string of the molecule is NS(=O)(=O)c1ccc(-c2ccc(C=O)o2)c(O)c1. The second-order valence-electron chi connectivity index (χ2n) is 3.54. The molecular formula is C11H9NO5S. The lowest BCUT2D eigenvalue weighted by Crippen LogP contribution is -2.11. The summed E-state index contributed by atoms with van der Waals surface area (Å²) >= 11 is 0. The summed E-state index contributed by atoms with van der Waals surface area (Å²) in [5.41, 5.74) is 0.274. The van der Waals surface area contributed by atoms with Crippen molar-refractivity contribution in [3.05, 3.63) is 36.1 Å². The lowest BCUT2D eigenvalue weighted by Gasteiger charge is -2.03. The quantitative estimate of drug-likeness (QED) is 0.809. The number of phenols is 1. The van der Waals surface area contributed by atoms with Crippen LogP contribution in [0, 0.1) is 0 Å². The molecule has 1 aromatic carbocycles. The first-order valence-corrected chi connectivity index (χ1v) is 6.37. The van der Waals surface area contributed by atoms with Crippen LogP contribution >= 0.6 is 0 Å². The van der Waals surface area contributed by atoms with Crippen molar-refractivity contribution in [2.75, 3.05) is 0 Å². The van der Waals surface area contributed by atoms with E-state index in [2.05, 4.69) is 0 Å². The molecule has 0 aliphatic carbocycles. The topological polar surface area (TPSA) is 111 Å². The zero-order valence-electron chi connectivity index (χ0n) is 9.03. The highest BCUT2D eigenvalue weighted by molar-refractivity contribution is 7.89. The molecule has 0 aliphatic rings. The summed E-state index contributed by atoms with van der Waals surface area (Å²) in [7, 11) is -3.87. The van der Waals surface area contributed by atoms with Gasteiger partial charge < -0.3 is 9.52 Å². The van der Waals surface area contributed by atoms with Crippen molar-refractivity contribution in [1.29, 1.82) is 0 Å². The summed E-state index contributed by atoms with van der Waals surface area (Å²) in [5, 5.41) is 14.7. The van der Waals surface area contributed by atoms with Crippen LogP contribution in [0.25, 0.3) is 11.3 Å². The lowest BCUT2D eigenvalue weighted by atomic mass is 10.1. The maximum atomic E-state index is 11.1. The van der Waals surface area contributed by atoms with E-state index >= 15 is 0 Å². The Hall–Kier alpha value is -2.12. The van der Waals surface area contributed by atoms with Gasteiger partial charge in [0.25, 0.3) is 0 Å². The summed E-state index contributed by atoms with van der Waals surface area (Å²) < 4.78 is 27.3. The Morgan fingerprint density at radius 1 is 1.22 bits per heavy atom. The number of rotatable bonds is 3. The van der Waals surface area contributed by atoms with Gasteiger partial charge in [0.05, 0.1) is 10.5 Å². The van der Waals surface area contributed by atoms with E-state index in [0.717, 1.165) is 6.07 Å². The van der Waals surface area contributed by atoms with Crippen molar-refractivity contribution < 1.29 is 22.7 Å². The van der Waals surface area contributed by atoms with Gasteiger partial charge in [-0.2, -0.15) is 0 Å². The van der Waals surface area contributed by atoms with Gasteiger partial charge in [0, 0.05) is 6.07 Å². The van der Waals surface area contributed by atoms with E-state index in [1.807, 2.05) is 0 Å². The number of aldehydes is 1. The maximum absolute atomic E-state index is 11.1. The number of phenolic OH excluding ortho intramolecular Hbond substituents is 1. The Bertz CT molecular complexity index is 702. The van der Waals surface area contributed by atoms with Crippen LogP contribution in [0.1, 0.15) is 10.6 Å². The zero-order chi connectivity index (χ0) is 13.3. The van der Waals surface area contributed by atoms with Crippen LogP contribution < -0.4 is 5.14 Å². The molecule has 0 bridgehead atoms. The normalized spacial score (nSPS) is 11.4. The standard InChI is InChI=1S/C11H9NO5S/c12-18(15,16)8-2-3-9(10(14)5-8)11-4-1-7(6-13)17-11/h1-6,14H,(H2,12,15,16). The number of hydrogen-bond acceptors (Lipinski definition) is 5. The number of aromatic hydroxyl groups is 1. The van der Waals surface area contributed by atoms with Crippen molar-refractivity contribution in [2.45, 2.75) is 4.90 Å². The second kappa shape index (κ2) is 4.28. The number of carbonyl (C=O) groups is 1. The minimum atomic E-state index is -3.87. The van der Waals surface area contributed by atoms with Gasteiger partial charge in [-0.3, -0.25) is 4.79 Å². The largest absolute Gasteiger partial charge is 0.507 e. The van der Waals surface area contributed by atoms with Crippen LogP contribution in [-0.4, -0.2) is 19.8 Å². The van der Waals surface area contributed by atoms with Crippen molar-refractivity contribution in [2.24, 2.45) is 5.14 Å². The number of furan rings is 1. The fraction of sp³-hybridized carbons (Fsp3) is 0. The molecule has 0 amide bonds. The summed E-state index contributed by atoms with van der Waals surface area (Å²) in [6.07, 6.45) is 0.527. The molecule has 0 spiro atoms. The maximum Gasteiger partial charge on any atom is 0.238 e. The number of benzene rings is 1. The van der Waals surface area contributed by atoms with Crippen molar-refractivity contribution in [1.82, 2.24) is 0 Å². The summed E-state index contributed by atoms with van der Waals surface area (Å²) in [6, 6.07) is 6.55. The first kappa shape index (κ1) is 12.3. The lowest BCUT2D eigenvalue weighted by molar-refractivity contribution is 0.110. The molecule has 0 atom stereocenters. The van der Waals surface area contributed by atoms with Gasteiger partial charge in [-0.15, -0.1) is 0 Å². The van der Waals surface area contributed by atoms with Gasteiger partial charge in [-0.25, -0.2) is 13.6 Å². The molecule has 0 radical (unpaired) electrons. The van der Waals surface area contributed by atoms with Crippen LogP contribution in [0.3, 0.4) is 0 Å². The molecule has 0 fully saturated rings. The van der Waals surface area contributed by atoms with Crippen LogP contribution in [-0.2, 0) is 10.0 Å². The fourth-order valence-electron chi connectivity index (χ4n) is 1.46. The van der Waals surface area contributed by atoms with Gasteiger partial charge in [-0.05, 0) is 24.3 Å². The van der Waals surface area contributed by atoms with Gasteiger partial charge in [0.1, 0.15) is 11.5 Å². The molecule has 2 rings (SSSR count). The average molecular weight is 267 g/mol. The molecule has 18 heavy (non-hydrogen) atoms. The number of sulfonamides is 1. The molecule has 2 aromatic rings. The highest BCUT2D eigenvalue weighted by Gasteiger charge is 2.14. The van der Waals surface area contributed by atoms with E-state index in [9.17, 15) is 18.3 Å². The van der Waals surface area contributed by atoms with Gasteiger partial charge >= 0.3 is 0 Å². The first-order valence-electron chi connectivity index (χ1n) is 4.83. The monoisotopic (exact) mass is 267 g/mol. The second-order valence-corrected chi connectivity index (χ2v) is 5.11. The smallest absolute Gasteiger partial charge is 0.238 e. The third-order valence-electron chi connectivity index (χ3n) is 2.31. The first-order chi connectivity index (χ1) is 8.41. The fourth-order valence-corrected chi connectivity index (χ4v) is 1.99. The van der Waals surface area contributed by atoms with E-state index in [4.69, 9.17) is 9.56 Å². The van der Waals surface area contributed by atoms with Crippen LogP contribution in [0.4, 0.5) is 0 Å². The van der Waals surface area contributed by atoms with Crippen LogP contribution in [0.5, 0.6) is 5.75 Å². The number of nitrogens with two attached hydrogens (primary N) is 1. The minimum absolute atomic E-state index is 0.111. The number of hydrogen-bond donors (Lipinski definition) is 2. The molecule has 0 unspecified atom stereocenters. The Balaban J connectivity index is 2.51. The Morgan fingerprint density at radius 2 is 1.94 bits per heavy atom. The third-order valence-corrected chi connectivity index (χ3v) is 3.22. The third kappa shape index (κ3) is 2.27. The highest BCUT2D eigenvalue weighted by atomic mass is 32.2. The minimum Gasteiger partial charge on any atom is -0.507 e. The zero-order valence-corrected chi connectivity index (χ0v) is 9.85. The molecule has 1 aromatic heterocycles. The number of primary sulfonamides is 1. The van der Waals surface area contributed by atoms with Crippen molar-refractivity contribution in [3.8, 4) is 17.1 Å². The van der Waals surface area contributed by atoms with Crippen LogP contribution in [0.2, 0.25) is 0 Å². The predicted octanol–water partition coefficient (Wildman–Crippen LogP) is 1.11. The van der Waals surface area contributed by atoms with E-state index in [0.29, 0.717) is 6.29 Å². The van der Waals surface area contributed by atoms with Gasteiger partial charge in [-0.1, -0.05) is 0 Å². The van der Waals surface area contributed by atoms with Gasteiger partial charge in [0.2, 0.25) is 10.0 Å². The molecular weight excluding hydrogens is 258 g/mol.